The molecular weight excluding hydrogens is 324 g/mol. The normalized spacial score (nSPS) is 17.2. The van der Waals surface area contributed by atoms with Crippen molar-refractivity contribution >= 4 is 39.2 Å². The quantitative estimate of drug-likeness (QED) is 0.662. The molecule has 1 saturated heterocycles. The molecule has 0 unspecified atom stereocenters. The molecule has 116 valence electrons. The second-order valence-electron chi connectivity index (χ2n) is 5.54. The second-order valence-corrected chi connectivity index (χ2v) is 7.79. The number of rotatable bonds is 4. The summed E-state index contributed by atoms with van der Waals surface area (Å²) in [5, 5.41) is 0. The van der Waals surface area contributed by atoms with Gasteiger partial charge in [-0.15, -0.1) is 11.3 Å². The predicted molar refractivity (Wildman–Crippen MR) is 95.9 cm³/mol. The van der Waals surface area contributed by atoms with E-state index in [1.54, 1.807) is 23.1 Å². The van der Waals surface area contributed by atoms with Gasteiger partial charge in [-0.2, -0.15) is 0 Å². The molecule has 3 nitrogen and oxygen atoms in total. The molecule has 23 heavy (non-hydrogen) atoms. The van der Waals surface area contributed by atoms with Gasteiger partial charge in [0.15, 0.2) is 4.34 Å². The predicted octanol–water partition coefficient (Wildman–Crippen LogP) is 4.36. The van der Waals surface area contributed by atoms with E-state index in [4.69, 9.17) is 0 Å². The van der Waals surface area contributed by atoms with Crippen LogP contribution in [-0.4, -0.2) is 28.1 Å². The minimum Gasteiger partial charge on any atom is -0.335 e. The topological polar surface area (TPSA) is 33.2 Å². The van der Waals surface area contributed by atoms with Crippen LogP contribution in [0.4, 0.5) is 0 Å². The molecule has 4 rings (SSSR count). The van der Waals surface area contributed by atoms with Crippen LogP contribution in [0.25, 0.3) is 10.2 Å². The number of amides is 1. The van der Waals surface area contributed by atoms with Crippen LogP contribution in [0.3, 0.4) is 0 Å². The molecule has 2 aromatic carbocycles. The van der Waals surface area contributed by atoms with Crippen LogP contribution in [-0.2, 0) is 4.79 Å². The van der Waals surface area contributed by atoms with Crippen molar-refractivity contribution in [2.45, 2.75) is 16.8 Å². The third kappa shape index (κ3) is 2.99. The van der Waals surface area contributed by atoms with Gasteiger partial charge in [0.1, 0.15) is 0 Å². The molecule has 1 atom stereocenters. The summed E-state index contributed by atoms with van der Waals surface area (Å²) in [5.41, 5.74) is 2.25. The highest BCUT2D eigenvalue weighted by molar-refractivity contribution is 8.01. The van der Waals surface area contributed by atoms with E-state index < -0.39 is 0 Å². The molecule has 0 aliphatic carbocycles. The fourth-order valence-corrected chi connectivity index (χ4v) is 4.78. The molecule has 3 aromatic rings. The zero-order valence-corrected chi connectivity index (χ0v) is 14.1. The molecule has 1 aromatic heterocycles. The maximum absolute atomic E-state index is 12.5. The number of nitrogens with zero attached hydrogens (tertiary/aromatic N) is 2. The molecule has 5 heteroatoms. The number of carbonyl (C=O) groups is 1. The Morgan fingerprint density at radius 1 is 1.17 bits per heavy atom. The van der Waals surface area contributed by atoms with Crippen LogP contribution in [0, 0.1) is 0 Å². The SMILES string of the molecule is O=C(CSc1nc2ccccc2s1)N1CC[C@H]1c1ccccc1. The first-order valence-corrected chi connectivity index (χ1v) is 9.44. The Balaban J connectivity index is 1.40. The van der Waals surface area contributed by atoms with Crippen molar-refractivity contribution in [1.29, 1.82) is 0 Å². The van der Waals surface area contributed by atoms with Crippen LogP contribution < -0.4 is 0 Å². The number of hydrogen-bond donors (Lipinski definition) is 0. The zero-order chi connectivity index (χ0) is 15.6. The third-order valence-electron chi connectivity index (χ3n) is 4.12. The molecule has 1 fully saturated rings. The monoisotopic (exact) mass is 340 g/mol. The lowest BCUT2D eigenvalue weighted by atomic mass is 9.95. The van der Waals surface area contributed by atoms with E-state index in [0.717, 1.165) is 22.8 Å². The average molecular weight is 340 g/mol. The number of fused-ring (bicyclic) bond motifs is 1. The zero-order valence-electron chi connectivity index (χ0n) is 12.5. The summed E-state index contributed by atoms with van der Waals surface area (Å²) in [5.74, 6) is 0.665. The third-order valence-corrected chi connectivity index (χ3v) is 6.28. The van der Waals surface area contributed by atoms with Gasteiger partial charge in [-0.05, 0) is 24.1 Å². The van der Waals surface area contributed by atoms with Gasteiger partial charge in [0.25, 0.3) is 0 Å². The summed E-state index contributed by atoms with van der Waals surface area (Å²) in [6.07, 6.45) is 1.06. The Labute approximate surface area is 143 Å². The number of likely N-dealkylation sites (tertiary alicyclic amines) is 1. The number of benzene rings is 2. The lowest BCUT2D eigenvalue weighted by Gasteiger charge is -2.41. The van der Waals surface area contributed by atoms with E-state index in [1.165, 1.54) is 10.3 Å². The van der Waals surface area contributed by atoms with Crippen molar-refractivity contribution in [3.63, 3.8) is 0 Å². The van der Waals surface area contributed by atoms with Gasteiger partial charge in [-0.25, -0.2) is 4.98 Å². The minimum absolute atomic E-state index is 0.203. The van der Waals surface area contributed by atoms with Gasteiger partial charge in [0, 0.05) is 6.54 Å². The number of thiazole rings is 1. The van der Waals surface area contributed by atoms with E-state index in [0.29, 0.717) is 5.75 Å². The summed E-state index contributed by atoms with van der Waals surface area (Å²) in [4.78, 5) is 19.0. The van der Waals surface area contributed by atoms with Crippen molar-refractivity contribution in [3.8, 4) is 0 Å². The Morgan fingerprint density at radius 2 is 1.96 bits per heavy atom. The van der Waals surface area contributed by atoms with Gasteiger partial charge < -0.3 is 4.90 Å². The first kappa shape index (κ1) is 14.7. The second kappa shape index (κ2) is 6.34. The molecule has 1 aliphatic rings. The Morgan fingerprint density at radius 3 is 2.70 bits per heavy atom. The van der Waals surface area contributed by atoms with E-state index >= 15 is 0 Å². The number of aromatic nitrogens is 1. The van der Waals surface area contributed by atoms with Crippen molar-refractivity contribution in [2.75, 3.05) is 12.3 Å². The molecule has 0 spiro atoms. The van der Waals surface area contributed by atoms with Crippen LogP contribution in [0.5, 0.6) is 0 Å². The molecule has 1 amide bonds. The van der Waals surface area contributed by atoms with Gasteiger partial charge in [-0.1, -0.05) is 54.2 Å². The summed E-state index contributed by atoms with van der Waals surface area (Å²) in [6, 6.07) is 18.6. The van der Waals surface area contributed by atoms with E-state index in [-0.39, 0.29) is 11.9 Å². The standard InChI is InChI=1S/C18H16N2OS2/c21-17(20-11-10-15(20)13-6-2-1-3-7-13)12-22-18-19-14-8-4-5-9-16(14)23-18/h1-9,15H,10-12H2/t15-/m0/s1. The summed E-state index contributed by atoms with van der Waals surface area (Å²) in [6.45, 7) is 0.860. The summed E-state index contributed by atoms with van der Waals surface area (Å²) >= 11 is 3.20. The van der Waals surface area contributed by atoms with Gasteiger partial charge in [-0.3, -0.25) is 4.79 Å². The van der Waals surface area contributed by atoms with Gasteiger partial charge in [0.05, 0.1) is 22.0 Å². The van der Waals surface area contributed by atoms with Gasteiger partial charge in [0.2, 0.25) is 5.91 Å². The van der Waals surface area contributed by atoms with Crippen molar-refractivity contribution < 1.29 is 4.79 Å². The highest BCUT2D eigenvalue weighted by Gasteiger charge is 2.32. The van der Waals surface area contributed by atoms with Gasteiger partial charge >= 0.3 is 0 Å². The number of thioether (sulfide) groups is 1. The molecule has 0 bridgehead atoms. The average Bonchev–Trinajstić information content (AvgIpc) is 2.96. The Kier molecular flexibility index (Phi) is 4.06. The van der Waals surface area contributed by atoms with E-state index in [1.807, 2.05) is 41.3 Å². The smallest absolute Gasteiger partial charge is 0.233 e. The van der Waals surface area contributed by atoms with Crippen LogP contribution in [0.15, 0.2) is 58.9 Å². The maximum Gasteiger partial charge on any atom is 0.233 e. The van der Waals surface area contributed by atoms with Crippen LogP contribution in [0.1, 0.15) is 18.0 Å². The van der Waals surface area contributed by atoms with Crippen LogP contribution in [0.2, 0.25) is 0 Å². The Hall–Kier alpha value is -1.85. The molecular formula is C18H16N2OS2. The fraction of sp³-hybridized carbons (Fsp3) is 0.222. The number of para-hydroxylation sites is 1. The minimum atomic E-state index is 0.203. The first-order chi connectivity index (χ1) is 11.3. The molecule has 0 saturated carbocycles. The number of carbonyl (C=O) groups excluding carboxylic acids is 1. The first-order valence-electron chi connectivity index (χ1n) is 7.64. The summed E-state index contributed by atoms with van der Waals surface area (Å²) < 4.78 is 2.14. The van der Waals surface area contributed by atoms with E-state index in [9.17, 15) is 4.79 Å². The van der Waals surface area contributed by atoms with Crippen LogP contribution >= 0.6 is 23.1 Å². The lowest BCUT2D eigenvalue weighted by Crippen LogP contribution is -2.45. The van der Waals surface area contributed by atoms with Crippen molar-refractivity contribution in [3.05, 3.63) is 60.2 Å². The summed E-state index contributed by atoms with van der Waals surface area (Å²) in [7, 11) is 0. The Bertz CT molecular complexity index is 798. The van der Waals surface area contributed by atoms with Crippen molar-refractivity contribution in [1.82, 2.24) is 9.88 Å². The molecule has 2 heterocycles. The highest BCUT2D eigenvalue weighted by Crippen LogP contribution is 2.35. The number of hydrogen-bond acceptors (Lipinski definition) is 4. The molecule has 1 aliphatic heterocycles. The van der Waals surface area contributed by atoms with E-state index in [2.05, 4.69) is 23.2 Å². The highest BCUT2D eigenvalue weighted by atomic mass is 32.2. The molecule has 0 radical (unpaired) electrons. The molecule has 0 N–H and O–H groups in total. The van der Waals surface area contributed by atoms with Crippen molar-refractivity contribution in [2.24, 2.45) is 0 Å². The largest absolute Gasteiger partial charge is 0.335 e. The lowest BCUT2D eigenvalue weighted by molar-refractivity contribution is -0.136. The fourth-order valence-electron chi connectivity index (χ4n) is 2.83. The maximum atomic E-state index is 12.5.